The fourth-order valence-electron chi connectivity index (χ4n) is 3.75. The summed E-state index contributed by atoms with van der Waals surface area (Å²) < 4.78 is 10.6. The summed E-state index contributed by atoms with van der Waals surface area (Å²) in [5, 5.41) is 4.52. The monoisotopic (exact) mass is 447 g/mol. The van der Waals surface area contributed by atoms with Crippen molar-refractivity contribution in [3.63, 3.8) is 0 Å². The second kappa shape index (κ2) is 10.2. The van der Waals surface area contributed by atoms with Crippen molar-refractivity contribution in [3.8, 4) is 0 Å². The zero-order chi connectivity index (χ0) is 21.6. The maximum atomic E-state index is 12.7. The van der Waals surface area contributed by atoms with Gasteiger partial charge in [-0.05, 0) is 12.1 Å². The summed E-state index contributed by atoms with van der Waals surface area (Å²) in [5.41, 5.74) is 0.534. The fraction of sp³-hybridized carbons (Fsp3) is 0.524. The van der Waals surface area contributed by atoms with Gasteiger partial charge in [-0.1, -0.05) is 28.9 Å². The molecule has 10 heteroatoms. The highest BCUT2D eigenvalue weighted by molar-refractivity contribution is 6.33. The summed E-state index contributed by atoms with van der Waals surface area (Å²) in [7, 11) is 0. The number of aryl methyl sites for hydroxylation is 1. The number of morpholine rings is 1. The molecule has 166 valence electrons. The summed E-state index contributed by atoms with van der Waals surface area (Å²) in [5.74, 6) is 1.11. The van der Waals surface area contributed by atoms with Gasteiger partial charge in [0.1, 0.15) is 0 Å². The van der Waals surface area contributed by atoms with E-state index in [-0.39, 0.29) is 11.8 Å². The first kappa shape index (κ1) is 21.7. The van der Waals surface area contributed by atoms with Crippen molar-refractivity contribution in [3.05, 3.63) is 46.6 Å². The number of amides is 2. The van der Waals surface area contributed by atoms with Gasteiger partial charge in [-0.25, -0.2) is 0 Å². The van der Waals surface area contributed by atoms with E-state index < -0.39 is 0 Å². The average molecular weight is 448 g/mol. The van der Waals surface area contributed by atoms with E-state index in [0.29, 0.717) is 81.1 Å². The molecular weight excluding hydrogens is 422 g/mol. The lowest BCUT2D eigenvalue weighted by Gasteiger charge is -2.34. The molecule has 2 amide bonds. The fourth-order valence-corrected chi connectivity index (χ4v) is 3.97. The van der Waals surface area contributed by atoms with Crippen LogP contribution in [0, 0.1) is 0 Å². The van der Waals surface area contributed by atoms with Crippen LogP contribution in [0.3, 0.4) is 0 Å². The lowest BCUT2D eigenvalue weighted by molar-refractivity contribution is -0.135. The van der Waals surface area contributed by atoms with Crippen molar-refractivity contribution < 1.29 is 18.8 Å². The molecule has 0 saturated carbocycles. The molecule has 0 atom stereocenters. The van der Waals surface area contributed by atoms with Crippen LogP contribution in [-0.4, -0.2) is 89.1 Å². The van der Waals surface area contributed by atoms with Crippen LogP contribution in [0.1, 0.15) is 28.5 Å². The Kier molecular flexibility index (Phi) is 7.16. The zero-order valence-corrected chi connectivity index (χ0v) is 18.1. The predicted octanol–water partition coefficient (Wildman–Crippen LogP) is 1.47. The van der Waals surface area contributed by atoms with Gasteiger partial charge in [0, 0.05) is 52.1 Å². The van der Waals surface area contributed by atoms with Crippen LogP contribution in [0.5, 0.6) is 0 Å². The standard InChI is InChI=1S/C21H26ClN5O4/c22-17-4-2-1-3-16(17)21(29)27-9-7-25(8-10-27)15-18-23-19(31-24-18)5-6-20(28)26-11-13-30-14-12-26/h1-4H,5-15H2. The first-order valence-corrected chi connectivity index (χ1v) is 10.9. The number of halogens is 1. The Hall–Kier alpha value is -2.49. The van der Waals surface area contributed by atoms with E-state index in [4.69, 9.17) is 20.9 Å². The van der Waals surface area contributed by atoms with Crippen molar-refractivity contribution in [1.29, 1.82) is 0 Å². The number of aromatic nitrogens is 2. The highest BCUT2D eigenvalue weighted by atomic mass is 35.5. The van der Waals surface area contributed by atoms with E-state index in [9.17, 15) is 9.59 Å². The largest absolute Gasteiger partial charge is 0.378 e. The Labute approximate surface area is 185 Å². The Morgan fingerprint density at radius 2 is 1.74 bits per heavy atom. The summed E-state index contributed by atoms with van der Waals surface area (Å²) in [4.78, 5) is 35.1. The van der Waals surface area contributed by atoms with Gasteiger partial charge < -0.3 is 19.1 Å². The molecule has 0 bridgehead atoms. The van der Waals surface area contributed by atoms with Crippen molar-refractivity contribution in [1.82, 2.24) is 24.8 Å². The van der Waals surface area contributed by atoms with Crippen LogP contribution in [-0.2, 0) is 22.5 Å². The first-order valence-electron chi connectivity index (χ1n) is 10.5. The smallest absolute Gasteiger partial charge is 0.255 e. The van der Waals surface area contributed by atoms with E-state index in [1.54, 1.807) is 12.1 Å². The van der Waals surface area contributed by atoms with Gasteiger partial charge in [0.2, 0.25) is 11.8 Å². The van der Waals surface area contributed by atoms with Crippen LogP contribution in [0.2, 0.25) is 5.02 Å². The van der Waals surface area contributed by atoms with E-state index in [1.165, 1.54) is 0 Å². The van der Waals surface area contributed by atoms with Gasteiger partial charge >= 0.3 is 0 Å². The molecule has 0 spiro atoms. The maximum absolute atomic E-state index is 12.7. The first-order chi connectivity index (χ1) is 15.1. The van der Waals surface area contributed by atoms with Crippen molar-refractivity contribution in [2.45, 2.75) is 19.4 Å². The van der Waals surface area contributed by atoms with Crippen LogP contribution in [0.25, 0.3) is 0 Å². The molecule has 0 N–H and O–H groups in total. The van der Waals surface area contributed by atoms with Gasteiger partial charge in [0.25, 0.3) is 5.91 Å². The molecule has 1 aromatic heterocycles. The molecule has 0 unspecified atom stereocenters. The lowest BCUT2D eigenvalue weighted by atomic mass is 10.2. The molecule has 2 aromatic rings. The van der Waals surface area contributed by atoms with Crippen LogP contribution in [0.4, 0.5) is 0 Å². The molecular formula is C21H26ClN5O4. The Morgan fingerprint density at radius 3 is 2.48 bits per heavy atom. The SMILES string of the molecule is O=C(CCc1nc(CN2CCN(C(=O)c3ccccc3Cl)CC2)no1)N1CCOCC1. The van der Waals surface area contributed by atoms with Gasteiger partial charge in [-0.15, -0.1) is 0 Å². The molecule has 2 aliphatic heterocycles. The van der Waals surface area contributed by atoms with Crippen LogP contribution in [0.15, 0.2) is 28.8 Å². The third-order valence-electron chi connectivity index (χ3n) is 5.56. The van der Waals surface area contributed by atoms with Crippen LogP contribution >= 0.6 is 11.6 Å². The molecule has 2 saturated heterocycles. The topological polar surface area (TPSA) is 92.0 Å². The van der Waals surface area contributed by atoms with E-state index in [2.05, 4.69) is 15.0 Å². The number of ether oxygens (including phenoxy) is 1. The minimum absolute atomic E-state index is 0.0444. The minimum atomic E-state index is -0.0444. The molecule has 9 nitrogen and oxygen atoms in total. The molecule has 2 aliphatic rings. The summed E-state index contributed by atoms with van der Waals surface area (Å²) in [6.45, 7) is 5.67. The highest BCUT2D eigenvalue weighted by Gasteiger charge is 2.24. The number of rotatable bonds is 6. The number of carbonyl (C=O) groups is 2. The second-order valence-electron chi connectivity index (χ2n) is 7.65. The van der Waals surface area contributed by atoms with Gasteiger partial charge in [0.05, 0.1) is 30.3 Å². The number of benzene rings is 1. The highest BCUT2D eigenvalue weighted by Crippen LogP contribution is 2.18. The molecule has 31 heavy (non-hydrogen) atoms. The molecule has 1 aromatic carbocycles. The quantitative estimate of drug-likeness (QED) is 0.662. The van der Waals surface area contributed by atoms with Crippen molar-refractivity contribution in [2.24, 2.45) is 0 Å². The Balaban J connectivity index is 1.22. The predicted molar refractivity (Wildman–Crippen MR) is 113 cm³/mol. The Morgan fingerprint density at radius 1 is 1.00 bits per heavy atom. The van der Waals surface area contributed by atoms with E-state index >= 15 is 0 Å². The van der Waals surface area contributed by atoms with Crippen molar-refractivity contribution >= 4 is 23.4 Å². The van der Waals surface area contributed by atoms with Gasteiger partial charge in [-0.3, -0.25) is 14.5 Å². The molecule has 0 radical (unpaired) electrons. The molecule has 0 aliphatic carbocycles. The van der Waals surface area contributed by atoms with E-state index in [0.717, 1.165) is 13.1 Å². The minimum Gasteiger partial charge on any atom is -0.378 e. The van der Waals surface area contributed by atoms with Crippen molar-refractivity contribution in [2.75, 3.05) is 52.5 Å². The number of hydrogen-bond donors (Lipinski definition) is 0. The summed E-state index contributed by atoms with van der Waals surface area (Å²) >= 11 is 6.15. The second-order valence-corrected chi connectivity index (χ2v) is 8.05. The van der Waals surface area contributed by atoms with Gasteiger partial charge in [0.15, 0.2) is 5.82 Å². The number of piperazine rings is 1. The number of hydrogen-bond acceptors (Lipinski definition) is 7. The maximum Gasteiger partial charge on any atom is 0.255 e. The summed E-state index contributed by atoms with van der Waals surface area (Å²) in [6.07, 6.45) is 0.785. The lowest BCUT2D eigenvalue weighted by Crippen LogP contribution is -2.48. The van der Waals surface area contributed by atoms with E-state index in [1.807, 2.05) is 21.9 Å². The summed E-state index contributed by atoms with van der Waals surface area (Å²) in [6, 6.07) is 7.11. The number of carbonyl (C=O) groups excluding carboxylic acids is 2. The molecule has 3 heterocycles. The average Bonchev–Trinajstić information content (AvgIpc) is 3.25. The normalized spacial score (nSPS) is 17.7. The zero-order valence-electron chi connectivity index (χ0n) is 17.3. The number of nitrogens with zero attached hydrogens (tertiary/aromatic N) is 5. The molecule has 4 rings (SSSR count). The van der Waals surface area contributed by atoms with Gasteiger partial charge in [-0.2, -0.15) is 4.98 Å². The van der Waals surface area contributed by atoms with Crippen LogP contribution < -0.4 is 0 Å². The molecule has 2 fully saturated rings. The third-order valence-corrected chi connectivity index (χ3v) is 5.89. The Bertz CT molecular complexity index is 907. The third kappa shape index (κ3) is 5.61.